The first-order chi connectivity index (χ1) is 17.5. The smallest absolute Gasteiger partial charge is 0.339 e. The monoisotopic (exact) mass is 500 g/mol. The van der Waals surface area contributed by atoms with Crippen LogP contribution in [0, 0.1) is 12.7 Å². The van der Waals surface area contributed by atoms with Crippen molar-refractivity contribution in [2.75, 3.05) is 0 Å². The summed E-state index contributed by atoms with van der Waals surface area (Å²) < 4.78 is 15.8. The molecule has 0 saturated carbocycles. The van der Waals surface area contributed by atoms with Gasteiger partial charge in [-0.3, -0.25) is 9.89 Å². The zero-order chi connectivity index (χ0) is 26.5. The van der Waals surface area contributed by atoms with E-state index in [1.54, 1.807) is 6.92 Å². The minimum atomic E-state index is -1.30. The van der Waals surface area contributed by atoms with E-state index in [2.05, 4.69) is 29.2 Å². The summed E-state index contributed by atoms with van der Waals surface area (Å²) in [7, 11) is 0. The molecule has 37 heavy (non-hydrogen) atoms. The summed E-state index contributed by atoms with van der Waals surface area (Å²) in [6.07, 6.45) is 2.06. The third-order valence-electron chi connectivity index (χ3n) is 6.87. The minimum absolute atomic E-state index is 0.0344. The number of nitrogens with one attached hydrogen (secondary N) is 1. The number of para-hydroxylation sites is 1. The van der Waals surface area contributed by atoms with Gasteiger partial charge in [-0.15, -0.1) is 5.11 Å². The molecule has 5 rings (SSSR count). The number of carboxylic acids is 1. The van der Waals surface area contributed by atoms with Crippen molar-refractivity contribution in [3.8, 4) is 22.6 Å². The highest BCUT2D eigenvalue weighted by atomic mass is 19.1. The highest BCUT2D eigenvalue weighted by molar-refractivity contribution is 5.94. The Morgan fingerprint density at radius 3 is 2.65 bits per heavy atom. The summed E-state index contributed by atoms with van der Waals surface area (Å²) in [5.74, 6) is -2.44. The van der Waals surface area contributed by atoms with Crippen LogP contribution in [-0.4, -0.2) is 26.0 Å². The first-order valence-electron chi connectivity index (χ1n) is 11.8. The number of benzene rings is 3. The van der Waals surface area contributed by atoms with Crippen LogP contribution >= 0.6 is 0 Å². The van der Waals surface area contributed by atoms with Crippen molar-refractivity contribution < 1.29 is 19.4 Å². The van der Waals surface area contributed by atoms with Gasteiger partial charge in [-0.1, -0.05) is 32.0 Å². The van der Waals surface area contributed by atoms with Crippen molar-refractivity contribution in [3.05, 3.63) is 93.2 Å². The highest BCUT2D eigenvalue weighted by Gasteiger charge is 2.30. The first-order valence-corrected chi connectivity index (χ1v) is 11.8. The minimum Gasteiger partial charge on any atom is -0.506 e. The fourth-order valence-corrected chi connectivity index (χ4v) is 4.81. The van der Waals surface area contributed by atoms with E-state index in [0.717, 1.165) is 25.0 Å². The Labute approximate surface area is 211 Å². The number of nitrogens with zero attached hydrogens (tertiary/aromatic N) is 3. The Morgan fingerprint density at radius 1 is 1.11 bits per heavy atom. The maximum Gasteiger partial charge on any atom is 0.339 e. The van der Waals surface area contributed by atoms with Crippen LogP contribution in [0.4, 0.5) is 15.8 Å². The molecule has 0 aliphatic heterocycles. The molecule has 0 spiro atoms. The summed E-state index contributed by atoms with van der Waals surface area (Å²) in [5, 5.41) is 30.9. The predicted molar refractivity (Wildman–Crippen MR) is 137 cm³/mol. The van der Waals surface area contributed by atoms with Gasteiger partial charge in [0.15, 0.2) is 5.69 Å². The van der Waals surface area contributed by atoms with Gasteiger partial charge in [0, 0.05) is 11.6 Å². The Kier molecular flexibility index (Phi) is 5.78. The number of azo groups is 1. The number of carboxylic acid groups (broad SMARTS) is 1. The van der Waals surface area contributed by atoms with Crippen LogP contribution in [-0.2, 0) is 11.8 Å². The van der Waals surface area contributed by atoms with Gasteiger partial charge in [-0.25, -0.2) is 13.9 Å². The van der Waals surface area contributed by atoms with Crippen molar-refractivity contribution in [1.82, 2.24) is 9.78 Å². The van der Waals surface area contributed by atoms with Crippen molar-refractivity contribution >= 4 is 17.3 Å². The van der Waals surface area contributed by atoms with Gasteiger partial charge in [-0.2, -0.15) is 5.11 Å². The van der Waals surface area contributed by atoms with E-state index >= 15 is 0 Å². The maximum atomic E-state index is 14.4. The zero-order valence-corrected chi connectivity index (χ0v) is 20.5. The van der Waals surface area contributed by atoms with Gasteiger partial charge < -0.3 is 10.2 Å². The second-order valence-electron chi connectivity index (χ2n) is 9.86. The van der Waals surface area contributed by atoms with Crippen LogP contribution in [0.15, 0.2) is 69.6 Å². The number of phenols is 1. The molecule has 1 aromatic heterocycles. The number of aromatic amines is 1. The van der Waals surface area contributed by atoms with Crippen molar-refractivity contribution in [2.24, 2.45) is 10.2 Å². The van der Waals surface area contributed by atoms with Crippen LogP contribution in [0.3, 0.4) is 0 Å². The zero-order valence-electron chi connectivity index (χ0n) is 20.5. The van der Waals surface area contributed by atoms with E-state index in [9.17, 15) is 24.2 Å². The molecule has 188 valence electrons. The number of aromatic carboxylic acids is 1. The molecular formula is C28H25FN4O4. The average Bonchev–Trinajstić information content (AvgIpc) is 3.31. The molecule has 9 heteroatoms. The predicted octanol–water partition coefficient (Wildman–Crippen LogP) is 6.32. The fraction of sp³-hybridized carbons (Fsp3) is 0.214. The third kappa shape index (κ3) is 4.33. The topological polar surface area (TPSA) is 120 Å². The molecule has 0 saturated heterocycles. The van der Waals surface area contributed by atoms with E-state index in [1.807, 2.05) is 18.2 Å². The fourth-order valence-electron chi connectivity index (χ4n) is 4.81. The molecule has 0 atom stereocenters. The summed E-state index contributed by atoms with van der Waals surface area (Å²) in [6.45, 7) is 6.09. The number of carbonyl (C=O) groups is 1. The van der Waals surface area contributed by atoms with Gasteiger partial charge in [0.05, 0.1) is 17.1 Å². The van der Waals surface area contributed by atoms with Gasteiger partial charge in [0.2, 0.25) is 0 Å². The largest absolute Gasteiger partial charge is 0.506 e. The lowest BCUT2D eigenvalue weighted by atomic mass is 9.86. The molecule has 0 amide bonds. The highest BCUT2D eigenvalue weighted by Crippen LogP contribution is 2.39. The number of aryl methyl sites for hydroxylation is 2. The quantitative estimate of drug-likeness (QED) is 0.278. The van der Waals surface area contributed by atoms with Crippen LogP contribution in [0.2, 0.25) is 0 Å². The van der Waals surface area contributed by atoms with Crippen LogP contribution < -0.4 is 5.56 Å². The number of hydrogen-bond donors (Lipinski definition) is 3. The molecule has 8 nitrogen and oxygen atoms in total. The second kappa shape index (κ2) is 8.85. The summed E-state index contributed by atoms with van der Waals surface area (Å²) in [6, 6.07) is 13.9. The standard InChI is InChI=1S/C28H25FN4O4/c1-15-24(26(35)33(32-15)20-8-7-16-9-10-28(2,3)23(16)14-20)31-30-19-12-17(11-18(29)13-19)21-5-4-6-22(25(21)34)27(36)37/h4-8,11-14,32,34H,9-10H2,1-3H3,(H,36,37). The number of hydrogen-bond acceptors (Lipinski definition) is 5. The number of fused-ring (bicyclic) bond motifs is 1. The molecule has 3 aromatic carbocycles. The van der Waals surface area contributed by atoms with E-state index < -0.39 is 17.5 Å². The lowest BCUT2D eigenvalue weighted by Crippen LogP contribution is -2.16. The summed E-state index contributed by atoms with van der Waals surface area (Å²) in [4.78, 5) is 24.5. The molecule has 0 fully saturated rings. The lowest BCUT2D eigenvalue weighted by Gasteiger charge is -2.19. The third-order valence-corrected chi connectivity index (χ3v) is 6.87. The molecule has 0 bridgehead atoms. The maximum absolute atomic E-state index is 14.4. The van der Waals surface area contributed by atoms with Crippen molar-refractivity contribution in [2.45, 2.75) is 39.0 Å². The van der Waals surface area contributed by atoms with Crippen LogP contribution in [0.25, 0.3) is 16.8 Å². The Hall–Kier alpha value is -4.53. The molecule has 1 heterocycles. The summed E-state index contributed by atoms with van der Waals surface area (Å²) >= 11 is 0. The molecule has 3 N–H and O–H groups in total. The van der Waals surface area contributed by atoms with Crippen LogP contribution in [0.5, 0.6) is 5.75 Å². The van der Waals surface area contributed by atoms with E-state index in [-0.39, 0.29) is 39.0 Å². The van der Waals surface area contributed by atoms with E-state index in [1.165, 1.54) is 40.1 Å². The van der Waals surface area contributed by atoms with Crippen molar-refractivity contribution in [3.63, 3.8) is 0 Å². The number of rotatable bonds is 5. The molecule has 1 aliphatic rings. The first kappa shape index (κ1) is 24.2. The van der Waals surface area contributed by atoms with Gasteiger partial charge in [0.1, 0.15) is 17.1 Å². The molecule has 0 radical (unpaired) electrons. The van der Waals surface area contributed by atoms with E-state index in [4.69, 9.17) is 0 Å². The molecular weight excluding hydrogens is 475 g/mol. The second-order valence-corrected chi connectivity index (χ2v) is 9.86. The van der Waals surface area contributed by atoms with Gasteiger partial charge >= 0.3 is 5.97 Å². The lowest BCUT2D eigenvalue weighted by molar-refractivity contribution is 0.0694. The van der Waals surface area contributed by atoms with Gasteiger partial charge in [-0.05, 0) is 72.2 Å². The number of H-pyrrole nitrogens is 1. The normalized spacial score (nSPS) is 14.3. The molecule has 0 unspecified atom stereocenters. The Balaban J connectivity index is 1.50. The summed E-state index contributed by atoms with van der Waals surface area (Å²) in [5.41, 5.74) is 3.58. The average molecular weight is 501 g/mol. The van der Waals surface area contributed by atoms with Gasteiger partial charge in [0.25, 0.3) is 5.56 Å². The van der Waals surface area contributed by atoms with Crippen molar-refractivity contribution in [1.29, 1.82) is 0 Å². The Bertz CT molecular complexity index is 1650. The number of halogens is 1. The SMILES string of the molecule is Cc1[nH]n(-c2ccc3c(c2)C(C)(C)CC3)c(=O)c1N=Nc1cc(F)cc(-c2cccc(C(=O)O)c2O)c1. The molecule has 4 aromatic rings. The van der Waals surface area contributed by atoms with E-state index in [0.29, 0.717) is 11.4 Å². The molecule has 1 aliphatic carbocycles. The number of aromatic nitrogens is 2. The Morgan fingerprint density at radius 2 is 1.89 bits per heavy atom. The van der Waals surface area contributed by atoms with Crippen LogP contribution in [0.1, 0.15) is 47.4 Å². The number of aromatic hydroxyl groups is 1.